The van der Waals surface area contributed by atoms with Crippen molar-refractivity contribution in [2.45, 2.75) is 6.61 Å². The molecule has 0 saturated heterocycles. The Kier molecular flexibility index (Phi) is 4.71. The molecule has 0 fully saturated rings. The van der Waals surface area contributed by atoms with Gasteiger partial charge in [0.2, 0.25) is 0 Å². The van der Waals surface area contributed by atoms with Crippen molar-refractivity contribution in [3.63, 3.8) is 0 Å². The molecule has 0 atom stereocenters. The van der Waals surface area contributed by atoms with Crippen molar-refractivity contribution in [1.29, 1.82) is 0 Å². The van der Waals surface area contributed by atoms with Crippen molar-refractivity contribution in [3.8, 4) is 5.75 Å². The van der Waals surface area contributed by atoms with E-state index in [4.69, 9.17) is 16.3 Å². The quantitative estimate of drug-likeness (QED) is 0.476. The molecule has 0 aliphatic carbocycles. The summed E-state index contributed by atoms with van der Waals surface area (Å²) in [7, 11) is 0. The lowest BCUT2D eigenvalue weighted by Gasteiger charge is -2.07. The molecule has 128 valence electrons. The number of hydrogen-bond acceptors (Lipinski definition) is 2. The summed E-state index contributed by atoms with van der Waals surface area (Å²) < 4.78 is 5.80. The number of benzene rings is 3. The van der Waals surface area contributed by atoms with Crippen molar-refractivity contribution < 1.29 is 4.74 Å². The molecule has 0 radical (unpaired) electrons. The van der Waals surface area contributed by atoms with E-state index in [2.05, 4.69) is 9.97 Å². The minimum atomic E-state index is 0.452. The second-order valence-corrected chi connectivity index (χ2v) is 6.33. The molecule has 4 aromatic rings. The maximum absolute atomic E-state index is 6.15. The van der Waals surface area contributed by atoms with Crippen LogP contribution in [0.25, 0.3) is 23.2 Å². The average molecular weight is 361 g/mol. The molecule has 1 N–H and O–H groups in total. The maximum atomic E-state index is 6.15. The summed E-state index contributed by atoms with van der Waals surface area (Å²) in [6.45, 7) is 0.452. The van der Waals surface area contributed by atoms with E-state index in [-0.39, 0.29) is 0 Å². The molecule has 1 heterocycles. The van der Waals surface area contributed by atoms with E-state index < -0.39 is 0 Å². The lowest BCUT2D eigenvalue weighted by Crippen LogP contribution is -1.95. The molecular weight excluding hydrogens is 344 g/mol. The monoisotopic (exact) mass is 360 g/mol. The van der Waals surface area contributed by atoms with E-state index >= 15 is 0 Å². The van der Waals surface area contributed by atoms with Crippen LogP contribution >= 0.6 is 11.6 Å². The van der Waals surface area contributed by atoms with Gasteiger partial charge < -0.3 is 9.72 Å². The van der Waals surface area contributed by atoms with Crippen LogP contribution in [0.4, 0.5) is 0 Å². The lowest BCUT2D eigenvalue weighted by molar-refractivity contribution is 0.306. The van der Waals surface area contributed by atoms with Gasteiger partial charge in [0.1, 0.15) is 18.2 Å². The van der Waals surface area contributed by atoms with Gasteiger partial charge in [0.15, 0.2) is 0 Å². The fourth-order valence-corrected chi connectivity index (χ4v) is 2.87. The molecule has 0 saturated carbocycles. The zero-order chi connectivity index (χ0) is 17.8. The first kappa shape index (κ1) is 16.4. The van der Waals surface area contributed by atoms with Crippen LogP contribution < -0.4 is 4.74 Å². The molecule has 0 aliphatic rings. The fraction of sp³-hybridized carbons (Fsp3) is 0.0455. The van der Waals surface area contributed by atoms with Crippen molar-refractivity contribution in [2.75, 3.05) is 0 Å². The highest BCUT2D eigenvalue weighted by Crippen LogP contribution is 2.20. The summed E-state index contributed by atoms with van der Waals surface area (Å²) >= 11 is 6.15. The largest absolute Gasteiger partial charge is 0.489 e. The van der Waals surface area contributed by atoms with Gasteiger partial charge in [0.25, 0.3) is 0 Å². The number of nitrogens with one attached hydrogen (secondary N) is 1. The molecule has 3 nitrogen and oxygen atoms in total. The average Bonchev–Trinajstić information content (AvgIpc) is 3.10. The predicted molar refractivity (Wildman–Crippen MR) is 107 cm³/mol. The molecule has 1 aromatic heterocycles. The van der Waals surface area contributed by atoms with Gasteiger partial charge in [0.05, 0.1) is 11.0 Å². The Balaban J connectivity index is 1.41. The highest BCUT2D eigenvalue weighted by atomic mass is 35.5. The van der Waals surface area contributed by atoms with Crippen LogP contribution in [-0.4, -0.2) is 9.97 Å². The second-order valence-electron chi connectivity index (χ2n) is 5.92. The van der Waals surface area contributed by atoms with Crippen molar-refractivity contribution >= 4 is 34.8 Å². The molecule has 0 unspecified atom stereocenters. The van der Waals surface area contributed by atoms with Gasteiger partial charge in [-0.05, 0) is 42.0 Å². The van der Waals surface area contributed by atoms with Gasteiger partial charge in [0, 0.05) is 10.6 Å². The Hall–Kier alpha value is -3.04. The van der Waals surface area contributed by atoms with E-state index in [0.717, 1.165) is 38.8 Å². The summed E-state index contributed by atoms with van der Waals surface area (Å²) in [5.74, 6) is 1.65. The van der Waals surface area contributed by atoms with E-state index in [1.54, 1.807) is 0 Å². The van der Waals surface area contributed by atoms with Crippen molar-refractivity contribution in [2.24, 2.45) is 0 Å². The molecule has 0 aliphatic heterocycles. The van der Waals surface area contributed by atoms with Crippen LogP contribution in [0.5, 0.6) is 5.75 Å². The maximum Gasteiger partial charge on any atom is 0.131 e. The number of aromatic nitrogens is 2. The van der Waals surface area contributed by atoms with Crippen LogP contribution in [0.2, 0.25) is 5.02 Å². The van der Waals surface area contributed by atoms with Gasteiger partial charge in [-0.25, -0.2) is 4.98 Å². The summed E-state index contributed by atoms with van der Waals surface area (Å²) in [6.07, 6.45) is 4.00. The number of halogens is 1. The summed E-state index contributed by atoms with van der Waals surface area (Å²) in [5, 5.41) is 0.720. The Morgan fingerprint density at radius 2 is 1.65 bits per heavy atom. The third-order valence-corrected chi connectivity index (χ3v) is 4.44. The number of fused-ring (bicyclic) bond motifs is 1. The van der Waals surface area contributed by atoms with E-state index in [1.807, 2.05) is 84.9 Å². The number of ether oxygens (including phenoxy) is 1. The van der Waals surface area contributed by atoms with Gasteiger partial charge >= 0.3 is 0 Å². The van der Waals surface area contributed by atoms with Gasteiger partial charge in [-0.3, -0.25) is 0 Å². The molecule has 0 bridgehead atoms. The number of imidazole rings is 1. The molecule has 3 aromatic carbocycles. The van der Waals surface area contributed by atoms with Gasteiger partial charge in [-0.1, -0.05) is 60.1 Å². The number of aromatic amines is 1. The number of nitrogens with zero attached hydrogens (tertiary/aromatic N) is 1. The minimum absolute atomic E-state index is 0.452. The van der Waals surface area contributed by atoms with Crippen LogP contribution in [0.3, 0.4) is 0 Å². The van der Waals surface area contributed by atoms with Crippen molar-refractivity contribution in [3.05, 3.63) is 94.8 Å². The molecule has 4 rings (SSSR count). The van der Waals surface area contributed by atoms with Crippen LogP contribution in [0.1, 0.15) is 17.0 Å². The number of H-pyrrole nitrogens is 1. The van der Waals surface area contributed by atoms with E-state index in [0.29, 0.717) is 6.61 Å². The first-order valence-electron chi connectivity index (χ1n) is 8.37. The van der Waals surface area contributed by atoms with Gasteiger partial charge in [-0.15, -0.1) is 0 Å². The third-order valence-electron chi connectivity index (χ3n) is 4.07. The Bertz CT molecular complexity index is 1020. The predicted octanol–water partition coefficient (Wildman–Crippen LogP) is 5.97. The highest BCUT2D eigenvalue weighted by Gasteiger charge is 2.01. The molecule has 26 heavy (non-hydrogen) atoms. The van der Waals surface area contributed by atoms with Crippen LogP contribution in [0.15, 0.2) is 72.8 Å². The SMILES string of the molecule is Clc1ccccc1COc1ccc(C=Cc2nc3ccccc3[nH]2)cc1. The van der Waals surface area contributed by atoms with Crippen LogP contribution in [-0.2, 0) is 6.61 Å². The third kappa shape index (κ3) is 3.79. The fourth-order valence-electron chi connectivity index (χ4n) is 2.68. The lowest BCUT2D eigenvalue weighted by atomic mass is 10.2. The Morgan fingerprint density at radius 3 is 2.46 bits per heavy atom. The zero-order valence-electron chi connectivity index (χ0n) is 14.0. The van der Waals surface area contributed by atoms with Crippen molar-refractivity contribution in [1.82, 2.24) is 9.97 Å². The minimum Gasteiger partial charge on any atom is -0.489 e. The second kappa shape index (κ2) is 7.46. The van der Waals surface area contributed by atoms with E-state index in [9.17, 15) is 0 Å². The normalized spacial score (nSPS) is 11.3. The zero-order valence-corrected chi connectivity index (χ0v) is 14.8. The number of para-hydroxylation sites is 2. The summed E-state index contributed by atoms with van der Waals surface area (Å²) in [4.78, 5) is 7.82. The topological polar surface area (TPSA) is 37.9 Å². The Labute approximate surface area is 156 Å². The number of rotatable bonds is 5. The first-order valence-corrected chi connectivity index (χ1v) is 8.75. The Morgan fingerprint density at radius 1 is 0.885 bits per heavy atom. The van der Waals surface area contributed by atoms with Crippen LogP contribution in [0, 0.1) is 0 Å². The highest BCUT2D eigenvalue weighted by molar-refractivity contribution is 6.31. The standard InChI is InChI=1S/C22H17ClN2O/c23-19-6-2-1-5-17(19)15-26-18-12-9-16(10-13-18)11-14-22-24-20-7-3-4-8-21(20)25-22/h1-14H,15H2,(H,24,25). The van der Waals surface area contributed by atoms with E-state index in [1.165, 1.54) is 0 Å². The molecule has 0 amide bonds. The van der Waals surface area contributed by atoms with Gasteiger partial charge in [-0.2, -0.15) is 0 Å². The summed E-state index contributed by atoms with van der Waals surface area (Å²) in [6, 6.07) is 23.6. The smallest absolute Gasteiger partial charge is 0.131 e. The molecule has 4 heteroatoms. The molecule has 0 spiro atoms. The number of hydrogen-bond donors (Lipinski definition) is 1. The molecular formula is C22H17ClN2O. The summed E-state index contributed by atoms with van der Waals surface area (Å²) in [5.41, 5.74) is 4.06. The first-order chi connectivity index (χ1) is 12.8.